The molecule has 6 heteroatoms. The standard InChI is InChI=1S/C16H21F2N3.HI/c1-21-9-8-19-15(21)20-11-16(6-2-3-7-16)13-5-4-12(17)10-14(13)18;/h4-5,10H,2-3,6-9,11H2,1H3,(H,19,20);1H. The highest BCUT2D eigenvalue weighted by Gasteiger charge is 2.38. The van der Waals surface area contributed by atoms with E-state index in [9.17, 15) is 8.78 Å². The fourth-order valence-electron chi connectivity index (χ4n) is 3.48. The predicted octanol–water partition coefficient (Wildman–Crippen LogP) is 3.29. The highest BCUT2D eigenvalue weighted by atomic mass is 127. The van der Waals surface area contributed by atoms with E-state index in [4.69, 9.17) is 0 Å². The SMILES string of the molecule is CN1CCN=C1NCC1(c2ccc(F)cc2F)CCCC1.I. The van der Waals surface area contributed by atoms with Gasteiger partial charge in [-0.1, -0.05) is 18.9 Å². The Morgan fingerprint density at radius 1 is 1.27 bits per heavy atom. The molecule has 0 spiro atoms. The predicted molar refractivity (Wildman–Crippen MR) is 94.9 cm³/mol. The largest absolute Gasteiger partial charge is 0.355 e. The van der Waals surface area contributed by atoms with Crippen molar-refractivity contribution in [2.75, 3.05) is 26.7 Å². The maximum atomic E-state index is 14.2. The molecule has 1 heterocycles. The molecule has 0 radical (unpaired) electrons. The Labute approximate surface area is 147 Å². The normalized spacial score (nSPS) is 19.8. The fourth-order valence-corrected chi connectivity index (χ4v) is 3.48. The summed E-state index contributed by atoms with van der Waals surface area (Å²) in [5.74, 6) is -0.0681. The number of nitrogens with zero attached hydrogens (tertiary/aromatic N) is 2. The monoisotopic (exact) mass is 421 g/mol. The molecule has 2 aliphatic rings. The van der Waals surface area contributed by atoms with E-state index in [0.29, 0.717) is 12.1 Å². The molecule has 22 heavy (non-hydrogen) atoms. The Morgan fingerprint density at radius 2 is 2.00 bits per heavy atom. The van der Waals surface area contributed by atoms with E-state index in [2.05, 4.69) is 15.2 Å². The Bertz CT molecular complexity index is 556. The average Bonchev–Trinajstić information content (AvgIpc) is 3.06. The van der Waals surface area contributed by atoms with Crippen LogP contribution in [-0.2, 0) is 5.41 Å². The van der Waals surface area contributed by atoms with Gasteiger partial charge in [-0.3, -0.25) is 4.99 Å². The summed E-state index contributed by atoms with van der Waals surface area (Å²) in [5, 5.41) is 3.37. The van der Waals surface area contributed by atoms with Gasteiger partial charge in [0.2, 0.25) is 0 Å². The lowest BCUT2D eigenvalue weighted by Crippen LogP contribution is -2.44. The summed E-state index contributed by atoms with van der Waals surface area (Å²) in [5.41, 5.74) is 0.388. The summed E-state index contributed by atoms with van der Waals surface area (Å²) < 4.78 is 27.4. The van der Waals surface area contributed by atoms with Gasteiger partial charge < -0.3 is 10.2 Å². The first-order chi connectivity index (χ1) is 10.1. The number of benzene rings is 1. The summed E-state index contributed by atoms with van der Waals surface area (Å²) in [6.45, 7) is 2.37. The first-order valence-electron chi connectivity index (χ1n) is 7.56. The highest BCUT2D eigenvalue weighted by Crippen LogP contribution is 2.41. The van der Waals surface area contributed by atoms with E-state index in [1.165, 1.54) is 6.07 Å². The van der Waals surface area contributed by atoms with Crippen molar-refractivity contribution < 1.29 is 8.78 Å². The molecule has 1 aromatic carbocycles. The minimum absolute atomic E-state index is 0. The second kappa shape index (κ2) is 7.10. The van der Waals surface area contributed by atoms with Crippen LogP contribution in [0.25, 0.3) is 0 Å². The quantitative estimate of drug-likeness (QED) is 0.759. The van der Waals surface area contributed by atoms with Crippen LogP contribution in [0.15, 0.2) is 23.2 Å². The second-order valence-electron chi connectivity index (χ2n) is 6.09. The van der Waals surface area contributed by atoms with Crippen LogP contribution >= 0.6 is 24.0 Å². The Hall–Kier alpha value is -0.920. The zero-order chi connectivity index (χ0) is 14.9. The Balaban J connectivity index is 0.00000176. The van der Waals surface area contributed by atoms with Crippen molar-refractivity contribution in [3.63, 3.8) is 0 Å². The first kappa shape index (κ1) is 17.4. The zero-order valence-electron chi connectivity index (χ0n) is 12.7. The molecule has 1 saturated carbocycles. The van der Waals surface area contributed by atoms with E-state index < -0.39 is 11.6 Å². The lowest BCUT2D eigenvalue weighted by Gasteiger charge is -2.31. The van der Waals surface area contributed by atoms with E-state index in [0.717, 1.165) is 50.8 Å². The Morgan fingerprint density at radius 3 is 2.59 bits per heavy atom. The summed E-state index contributed by atoms with van der Waals surface area (Å²) in [4.78, 5) is 6.49. The summed E-state index contributed by atoms with van der Waals surface area (Å²) in [6, 6.07) is 3.96. The lowest BCUT2D eigenvalue weighted by atomic mass is 9.78. The van der Waals surface area contributed by atoms with Crippen molar-refractivity contribution in [2.45, 2.75) is 31.1 Å². The van der Waals surface area contributed by atoms with Gasteiger partial charge in [-0.25, -0.2) is 8.78 Å². The topological polar surface area (TPSA) is 27.6 Å². The molecule has 1 fully saturated rings. The first-order valence-corrected chi connectivity index (χ1v) is 7.56. The van der Waals surface area contributed by atoms with Crippen LogP contribution in [0, 0.1) is 11.6 Å². The molecule has 0 atom stereocenters. The van der Waals surface area contributed by atoms with Crippen LogP contribution in [-0.4, -0.2) is 37.5 Å². The van der Waals surface area contributed by atoms with Crippen molar-refractivity contribution in [3.05, 3.63) is 35.4 Å². The Kier molecular flexibility index (Phi) is 5.63. The van der Waals surface area contributed by atoms with E-state index >= 15 is 0 Å². The van der Waals surface area contributed by atoms with Crippen molar-refractivity contribution in [2.24, 2.45) is 4.99 Å². The van der Waals surface area contributed by atoms with Gasteiger partial charge in [0.25, 0.3) is 0 Å². The minimum Gasteiger partial charge on any atom is -0.355 e. The molecule has 0 saturated heterocycles. The van der Waals surface area contributed by atoms with Crippen LogP contribution in [0.4, 0.5) is 8.78 Å². The number of aliphatic imine (C=N–C) groups is 1. The number of hydrogen-bond acceptors (Lipinski definition) is 3. The number of nitrogens with one attached hydrogen (secondary N) is 1. The van der Waals surface area contributed by atoms with Crippen molar-refractivity contribution in [1.82, 2.24) is 10.2 Å². The van der Waals surface area contributed by atoms with E-state index in [-0.39, 0.29) is 29.4 Å². The number of hydrogen-bond donors (Lipinski definition) is 1. The molecule has 3 rings (SSSR count). The molecule has 1 aliphatic carbocycles. The molecule has 0 bridgehead atoms. The van der Waals surface area contributed by atoms with Gasteiger partial charge in [0.15, 0.2) is 5.96 Å². The molecule has 1 aliphatic heterocycles. The average molecular weight is 421 g/mol. The maximum Gasteiger partial charge on any atom is 0.193 e. The van der Waals surface area contributed by atoms with Crippen LogP contribution in [0.2, 0.25) is 0 Å². The van der Waals surface area contributed by atoms with E-state index in [1.807, 2.05) is 7.05 Å². The summed E-state index contributed by atoms with van der Waals surface area (Å²) in [7, 11) is 2.00. The number of guanidine groups is 1. The van der Waals surface area contributed by atoms with Crippen LogP contribution < -0.4 is 5.32 Å². The molecule has 3 nitrogen and oxygen atoms in total. The number of rotatable bonds is 3. The molecule has 122 valence electrons. The van der Waals surface area contributed by atoms with Gasteiger partial charge >= 0.3 is 0 Å². The van der Waals surface area contributed by atoms with Gasteiger partial charge in [0.05, 0.1) is 6.54 Å². The van der Waals surface area contributed by atoms with Crippen molar-refractivity contribution >= 4 is 29.9 Å². The second-order valence-corrected chi connectivity index (χ2v) is 6.09. The third-order valence-electron chi connectivity index (χ3n) is 4.71. The third-order valence-corrected chi connectivity index (χ3v) is 4.71. The van der Waals surface area contributed by atoms with Crippen LogP contribution in [0.3, 0.4) is 0 Å². The molecule has 0 amide bonds. The smallest absolute Gasteiger partial charge is 0.193 e. The van der Waals surface area contributed by atoms with Crippen LogP contribution in [0.5, 0.6) is 0 Å². The zero-order valence-corrected chi connectivity index (χ0v) is 15.1. The lowest BCUT2D eigenvalue weighted by molar-refractivity contribution is 0.400. The minimum atomic E-state index is -0.516. The fraction of sp³-hybridized carbons (Fsp3) is 0.562. The van der Waals surface area contributed by atoms with Gasteiger partial charge in [0.1, 0.15) is 11.6 Å². The van der Waals surface area contributed by atoms with E-state index in [1.54, 1.807) is 6.07 Å². The van der Waals surface area contributed by atoms with Gasteiger partial charge in [-0.15, -0.1) is 24.0 Å². The number of likely N-dealkylation sites (N-methyl/N-ethyl adjacent to an activating group) is 1. The molecular weight excluding hydrogens is 399 g/mol. The summed E-state index contributed by atoms with van der Waals surface area (Å²) >= 11 is 0. The summed E-state index contributed by atoms with van der Waals surface area (Å²) in [6.07, 6.45) is 4.03. The molecule has 1 aromatic rings. The number of halogens is 3. The van der Waals surface area contributed by atoms with Gasteiger partial charge in [-0.2, -0.15) is 0 Å². The maximum absolute atomic E-state index is 14.2. The third kappa shape index (κ3) is 3.36. The van der Waals surface area contributed by atoms with Crippen molar-refractivity contribution in [1.29, 1.82) is 0 Å². The highest BCUT2D eigenvalue weighted by molar-refractivity contribution is 14.0. The van der Waals surface area contributed by atoms with Crippen LogP contribution in [0.1, 0.15) is 31.2 Å². The van der Waals surface area contributed by atoms with Gasteiger partial charge in [-0.05, 0) is 24.5 Å². The molecule has 0 unspecified atom stereocenters. The van der Waals surface area contributed by atoms with Gasteiger partial charge in [0, 0.05) is 31.6 Å². The molecule has 0 aromatic heterocycles. The molecular formula is C16H22F2IN3. The molecule has 1 N–H and O–H groups in total. The van der Waals surface area contributed by atoms with Crippen molar-refractivity contribution in [3.8, 4) is 0 Å².